The number of ether oxygens (including phenoxy) is 2. The summed E-state index contributed by atoms with van der Waals surface area (Å²) < 4.78 is 26.9. The maximum absolute atomic E-state index is 15.1. The van der Waals surface area contributed by atoms with Crippen molar-refractivity contribution < 1.29 is 13.9 Å². The molecule has 0 saturated heterocycles. The molecule has 2 nitrogen and oxygen atoms in total. The van der Waals surface area contributed by atoms with Crippen LogP contribution in [0, 0.1) is 17.2 Å². The first-order valence-electron chi connectivity index (χ1n) is 14.2. The molecule has 0 amide bonds. The van der Waals surface area contributed by atoms with Gasteiger partial charge < -0.3 is 9.47 Å². The first-order valence-corrected chi connectivity index (χ1v) is 14.2. The smallest absolute Gasteiger partial charge is 0.131 e. The van der Waals surface area contributed by atoms with Crippen molar-refractivity contribution in [1.29, 1.82) is 0 Å². The Morgan fingerprint density at radius 1 is 0.895 bits per heavy atom. The quantitative estimate of drug-likeness (QED) is 0.329. The van der Waals surface area contributed by atoms with Crippen LogP contribution in [-0.2, 0) is 18.4 Å². The Hall–Kier alpha value is -3.07. The van der Waals surface area contributed by atoms with Crippen LogP contribution in [0.5, 0.6) is 11.5 Å². The molecule has 3 aromatic rings. The van der Waals surface area contributed by atoms with E-state index in [0.717, 1.165) is 41.2 Å². The predicted molar refractivity (Wildman–Crippen MR) is 153 cm³/mol. The van der Waals surface area contributed by atoms with E-state index in [1.807, 2.05) is 0 Å². The monoisotopic (exact) mass is 510 g/mol. The molecule has 0 bridgehead atoms. The second kappa shape index (κ2) is 9.59. The summed E-state index contributed by atoms with van der Waals surface area (Å²) >= 11 is 0. The lowest BCUT2D eigenvalue weighted by atomic mass is 9.52. The average molecular weight is 511 g/mol. The molecule has 0 N–H and O–H groups in total. The van der Waals surface area contributed by atoms with Gasteiger partial charge in [-0.25, -0.2) is 4.39 Å². The third-order valence-corrected chi connectivity index (χ3v) is 9.74. The first kappa shape index (κ1) is 25.2. The van der Waals surface area contributed by atoms with E-state index in [0.29, 0.717) is 23.3 Å². The molecule has 3 heteroatoms. The highest BCUT2D eigenvalue weighted by Gasteiger charge is 2.47. The van der Waals surface area contributed by atoms with Gasteiger partial charge in [-0.3, -0.25) is 0 Å². The Labute approximate surface area is 226 Å². The van der Waals surface area contributed by atoms with Crippen LogP contribution in [-0.4, -0.2) is 7.11 Å². The minimum Gasteiger partial charge on any atom is -0.497 e. The zero-order valence-corrected chi connectivity index (χ0v) is 23.2. The highest BCUT2D eigenvalue weighted by Crippen LogP contribution is 2.55. The summed E-state index contributed by atoms with van der Waals surface area (Å²) in [7, 11) is 1.62. The lowest BCUT2D eigenvalue weighted by Crippen LogP contribution is -2.45. The van der Waals surface area contributed by atoms with Gasteiger partial charge in [0.25, 0.3) is 0 Å². The van der Waals surface area contributed by atoms with Crippen LogP contribution in [0.2, 0.25) is 0 Å². The third-order valence-electron chi connectivity index (χ3n) is 9.74. The number of fused-ring (bicyclic) bond motifs is 2. The van der Waals surface area contributed by atoms with Crippen molar-refractivity contribution in [2.75, 3.05) is 7.11 Å². The van der Waals surface area contributed by atoms with Crippen LogP contribution in [0.25, 0.3) is 16.7 Å². The van der Waals surface area contributed by atoms with Gasteiger partial charge >= 0.3 is 0 Å². The van der Waals surface area contributed by atoms with Crippen LogP contribution in [0.1, 0.15) is 81.5 Å². The zero-order valence-electron chi connectivity index (χ0n) is 23.2. The summed E-state index contributed by atoms with van der Waals surface area (Å²) in [5.74, 6) is 2.13. The molecule has 38 heavy (non-hydrogen) atoms. The molecular weight excluding hydrogens is 471 g/mol. The van der Waals surface area contributed by atoms with Gasteiger partial charge in [0.15, 0.2) is 0 Å². The second-order valence-corrected chi connectivity index (χ2v) is 12.3. The van der Waals surface area contributed by atoms with E-state index < -0.39 is 0 Å². The fourth-order valence-electron chi connectivity index (χ4n) is 7.21. The molecule has 6 rings (SSSR count). The third kappa shape index (κ3) is 4.25. The van der Waals surface area contributed by atoms with Crippen molar-refractivity contribution in [2.45, 2.75) is 77.7 Å². The van der Waals surface area contributed by atoms with Crippen molar-refractivity contribution in [2.24, 2.45) is 11.3 Å². The Kier molecular flexibility index (Phi) is 6.37. The molecule has 0 heterocycles. The largest absolute Gasteiger partial charge is 0.497 e. The van der Waals surface area contributed by atoms with Crippen molar-refractivity contribution in [3.63, 3.8) is 0 Å². The van der Waals surface area contributed by atoms with Gasteiger partial charge in [0, 0.05) is 5.56 Å². The number of benzene rings is 3. The number of hydrogen-bond donors (Lipinski definition) is 0. The molecular formula is C35H39FO2. The van der Waals surface area contributed by atoms with E-state index in [1.165, 1.54) is 54.9 Å². The van der Waals surface area contributed by atoms with Crippen molar-refractivity contribution in [3.05, 3.63) is 88.7 Å². The van der Waals surface area contributed by atoms with Gasteiger partial charge in [0.2, 0.25) is 0 Å². The van der Waals surface area contributed by atoms with Crippen LogP contribution in [0.4, 0.5) is 4.39 Å². The number of methoxy groups -OCH3 is 1. The summed E-state index contributed by atoms with van der Waals surface area (Å²) in [6.45, 7) is 7.47. The van der Waals surface area contributed by atoms with Gasteiger partial charge in [-0.15, -0.1) is 0 Å². The number of halogens is 1. The average Bonchev–Trinajstić information content (AvgIpc) is 3.29. The van der Waals surface area contributed by atoms with Gasteiger partial charge in [-0.2, -0.15) is 0 Å². The van der Waals surface area contributed by atoms with Gasteiger partial charge in [0.1, 0.15) is 23.9 Å². The van der Waals surface area contributed by atoms with E-state index in [4.69, 9.17) is 9.47 Å². The van der Waals surface area contributed by atoms with Crippen LogP contribution in [0.15, 0.2) is 60.7 Å². The van der Waals surface area contributed by atoms with E-state index in [2.05, 4.69) is 63.2 Å². The summed E-state index contributed by atoms with van der Waals surface area (Å²) in [5.41, 5.74) is 8.39. The van der Waals surface area contributed by atoms with Crippen LogP contribution < -0.4 is 9.47 Å². The van der Waals surface area contributed by atoms with Crippen molar-refractivity contribution >= 4 is 5.57 Å². The SMILES string of the molecule is COc1ccc(F)c(-c2ccc(COc3ccc4c(c3)C3(CCC4)CCC3C)cc2C2=CCCC2(C)C)c1. The molecule has 2 atom stereocenters. The van der Waals surface area contributed by atoms with Gasteiger partial charge in [-0.05, 0) is 131 Å². The Balaban J connectivity index is 1.33. The normalized spacial score (nSPS) is 23.5. The summed E-state index contributed by atoms with van der Waals surface area (Å²) in [4.78, 5) is 0. The minimum absolute atomic E-state index is 0.0376. The van der Waals surface area contributed by atoms with E-state index in [9.17, 15) is 0 Å². The Morgan fingerprint density at radius 2 is 1.74 bits per heavy atom. The molecule has 3 aliphatic carbocycles. The number of hydrogen-bond acceptors (Lipinski definition) is 2. The van der Waals surface area contributed by atoms with Gasteiger partial charge in [-0.1, -0.05) is 45.0 Å². The zero-order chi connectivity index (χ0) is 26.5. The molecule has 1 fully saturated rings. The molecule has 0 aromatic heterocycles. The number of allylic oxidation sites excluding steroid dienone is 2. The summed E-state index contributed by atoms with van der Waals surface area (Å²) in [5, 5.41) is 0. The summed E-state index contributed by atoms with van der Waals surface area (Å²) in [6.07, 6.45) is 10.9. The number of aryl methyl sites for hydroxylation is 1. The predicted octanol–water partition coefficient (Wildman–Crippen LogP) is 9.29. The van der Waals surface area contributed by atoms with E-state index >= 15 is 4.39 Å². The molecule has 2 unspecified atom stereocenters. The van der Waals surface area contributed by atoms with Crippen molar-refractivity contribution in [1.82, 2.24) is 0 Å². The molecule has 198 valence electrons. The standard InChI is InChI=1S/C35H39FO2/c1-23-15-18-35(23)17-5-7-25-10-11-27(21-32(25)35)38-22-24-9-13-28(30-20-26(37-4)12-14-33(30)36)29(19-24)31-8-6-16-34(31,2)3/h8-14,19-21,23H,5-7,15-18,22H2,1-4H3. The molecule has 1 spiro atoms. The second-order valence-electron chi connectivity index (χ2n) is 12.3. The minimum atomic E-state index is -0.235. The maximum atomic E-state index is 15.1. The lowest BCUT2D eigenvalue weighted by molar-refractivity contribution is 0.114. The first-order chi connectivity index (χ1) is 18.3. The highest BCUT2D eigenvalue weighted by molar-refractivity contribution is 5.85. The fourth-order valence-corrected chi connectivity index (χ4v) is 7.21. The molecule has 3 aliphatic rings. The topological polar surface area (TPSA) is 18.5 Å². The fraction of sp³-hybridized carbons (Fsp3) is 0.429. The lowest BCUT2D eigenvalue weighted by Gasteiger charge is -2.52. The highest BCUT2D eigenvalue weighted by atomic mass is 19.1. The van der Waals surface area contributed by atoms with Gasteiger partial charge in [0.05, 0.1) is 7.11 Å². The van der Waals surface area contributed by atoms with Crippen LogP contribution in [0.3, 0.4) is 0 Å². The van der Waals surface area contributed by atoms with Crippen molar-refractivity contribution in [3.8, 4) is 22.6 Å². The van der Waals surface area contributed by atoms with E-state index in [-0.39, 0.29) is 11.2 Å². The molecule has 0 aliphatic heterocycles. The van der Waals surface area contributed by atoms with E-state index in [1.54, 1.807) is 19.2 Å². The number of rotatable bonds is 6. The Morgan fingerprint density at radius 3 is 2.45 bits per heavy atom. The molecule has 0 radical (unpaired) electrons. The Bertz CT molecular complexity index is 1400. The van der Waals surface area contributed by atoms with Crippen LogP contribution >= 0.6 is 0 Å². The summed E-state index contributed by atoms with van der Waals surface area (Å²) in [6, 6.07) is 18.1. The molecule has 3 aromatic carbocycles. The molecule has 1 saturated carbocycles. The maximum Gasteiger partial charge on any atom is 0.131 e.